The number of para-hydroxylation sites is 2. The van der Waals surface area contributed by atoms with Gasteiger partial charge in [-0.15, -0.1) is 0 Å². The molecule has 282 valence electrons. The number of hydrogen-bond acceptors (Lipinski definition) is 4. The molecule has 2 heterocycles. The van der Waals surface area contributed by atoms with E-state index in [0.29, 0.717) is 17.6 Å². The van der Waals surface area contributed by atoms with E-state index in [1.807, 2.05) is 24.3 Å². The Labute approximate surface area is 348 Å². The molecule has 9 aromatic carbocycles. The van der Waals surface area contributed by atoms with Gasteiger partial charge < -0.3 is 4.90 Å². The molecule has 0 unspecified atom stereocenters. The van der Waals surface area contributed by atoms with E-state index in [9.17, 15) is 0 Å². The van der Waals surface area contributed by atoms with E-state index in [-0.39, 0.29) is 0 Å². The minimum atomic E-state index is 0.566. The van der Waals surface area contributed by atoms with Crippen molar-refractivity contribution in [2.24, 2.45) is 0 Å². The molecule has 0 radical (unpaired) electrons. The van der Waals surface area contributed by atoms with Crippen LogP contribution in [-0.2, 0) is 0 Å². The fourth-order valence-electron chi connectivity index (χ4n) is 8.29. The lowest BCUT2D eigenvalue weighted by Gasteiger charge is -2.26. The molecule has 0 aliphatic rings. The Morgan fingerprint density at radius 1 is 0.300 bits per heavy atom. The molecule has 0 bridgehead atoms. The van der Waals surface area contributed by atoms with Gasteiger partial charge in [0.25, 0.3) is 0 Å². The van der Waals surface area contributed by atoms with Crippen LogP contribution in [0.25, 0.3) is 83.6 Å². The highest BCUT2D eigenvalue weighted by molar-refractivity contribution is 6.10. The van der Waals surface area contributed by atoms with Gasteiger partial charge >= 0.3 is 0 Å². The van der Waals surface area contributed by atoms with Crippen LogP contribution >= 0.6 is 0 Å². The molecule has 11 rings (SSSR count). The van der Waals surface area contributed by atoms with Crippen LogP contribution in [0.5, 0.6) is 0 Å². The second-order valence-corrected chi connectivity index (χ2v) is 14.9. The summed E-state index contributed by atoms with van der Waals surface area (Å²) in [6.07, 6.45) is 0. The maximum absolute atomic E-state index is 5.25. The average molecular weight is 768 g/mol. The molecule has 0 atom stereocenters. The third kappa shape index (κ3) is 6.45. The number of hydrogen-bond donors (Lipinski definition) is 0. The first-order chi connectivity index (χ1) is 29.7. The van der Waals surface area contributed by atoms with Gasteiger partial charge in [0.15, 0.2) is 11.6 Å². The molecule has 11 aromatic rings. The van der Waals surface area contributed by atoms with E-state index in [1.165, 1.54) is 10.8 Å². The summed E-state index contributed by atoms with van der Waals surface area (Å²) in [6.45, 7) is 0. The van der Waals surface area contributed by atoms with E-state index in [4.69, 9.17) is 15.0 Å². The zero-order chi connectivity index (χ0) is 39.8. The highest BCUT2D eigenvalue weighted by Crippen LogP contribution is 2.39. The molecule has 0 aliphatic carbocycles. The third-order valence-corrected chi connectivity index (χ3v) is 11.2. The van der Waals surface area contributed by atoms with Crippen molar-refractivity contribution in [2.45, 2.75) is 0 Å². The highest BCUT2D eigenvalue weighted by Gasteiger charge is 2.19. The lowest BCUT2D eigenvalue weighted by molar-refractivity contribution is 0.953. The standard InChI is InChI=1S/C55H37N5/c1-4-15-38(16-5-1)42-21-14-22-45(35-42)54-56-53(41-18-6-2-7-19-41)57-55(58-54)60-51-26-13-12-25-49(51)50-34-30-44(37-52(50)60)40-27-31-47(32-28-40)59(46-23-8-3-9-24-46)48-33-29-39-17-10-11-20-43(39)36-48/h1-37H. The summed E-state index contributed by atoms with van der Waals surface area (Å²) in [6, 6.07) is 78.8. The van der Waals surface area contributed by atoms with Gasteiger partial charge in [-0.05, 0) is 87.6 Å². The molecule has 0 N–H and O–H groups in total. The Hall–Kier alpha value is -8.15. The molecule has 60 heavy (non-hydrogen) atoms. The predicted octanol–water partition coefficient (Wildman–Crippen LogP) is 14.3. The monoisotopic (exact) mass is 767 g/mol. The molecular formula is C55H37N5. The van der Waals surface area contributed by atoms with Crippen molar-refractivity contribution in [3.05, 3.63) is 224 Å². The van der Waals surface area contributed by atoms with Crippen LogP contribution in [0.2, 0.25) is 0 Å². The van der Waals surface area contributed by atoms with Crippen molar-refractivity contribution < 1.29 is 0 Å². The van der Waals surface area contributed by atoms with Crippen molar-refractivity contribution >= 4 is 49.6 Å². The maximum atomic E-state index is 5.25. The Bertz CT molecular complexity index is 3300. The zero-order valence-electron chi connectivity index (χ0n) is 32.6. The van der Waals surface area contributed by atoms with E-state index in [2.05, 4.69) is 210 Å². The Morgan fingerprint density at radius 2 is 0.833 bits per heavy atom. The quantitative estimate of drug-likeness (QED) is 0.154. The maximum Gasteiger partial charge on any atom is 0.238 e. The second-order valence-electron chi connectivity index (χ2n) is 14.9. The Kier molecular flexibility index (Phi) is 8.75. The van der Waals surface area contributed by atoms with Crippen LogP contribution in [0.15, 0.2) is 224 Å². The lowest BCUT2D eigenvalue weighted by atomic mass is 10.0. The molecule has 5 nitrogen and oxygen atoms in total. The molecule has 0 fully saturated rings. The lowest BCUT2D eigenvalue weighted by Crippen LogP contribution is -2.09. The summed E-state index contributed by atoms with van der Waals surface area (Å²) in [5.41, 5.74) is 11.7. The first kappa shape index (κ1) is 35.0. The van der Waals surface area contributed by atoms with E-state index < -0.39 is 0 Å². The molecule has 0 spiro atoms. The molecule has 0 saturated carbocycles. The SMILES string of the molecule is c1ccc(-c2cccc(-c3nc(-c4ccccc4)nc(-n4c5ccccc5c5ccc(-c6ccc(N(c7ccccc7)c7ccc8ccccc8c7)cc6)cc54)n3)c2)cc1. The molecule has 5 heteroatoms. The summed E-state index contributed by atoms with van der Waals surface area (Å²) in [5, 5.41) is 4.70. The van der Waals surface area contributed by atoms with Gasteiger partial charge in [0.1, 0.15) is 0 Å². The summed E-state index contributed by atoms with van der Waals surface area (Å²) in [4.78, 5) is 17.8. The third-order valence-electron chi connectivity index (χ3n) is 11.2. The number of benzene rings is 9. The fraction of sp³-hybridized carbons (Fsp3) is 0. The van der Waals surface area contributed by atoms with Gasteiger partial charge in [0.05, 0.1) is 11.0 Å². The zero-order valence-corrected chi connectivity index (χ0v) is 32.6. The largest absolute Gasteiger partial charge is 0.310 e. The minimum absolute atomic E-state index is 0.566. The number of nitrogens with zero attached hydrogens (tertiary/aromatic N) is 5. The van der Waals surface area contributed by atoms with Crippen molar-refractivity contribution in [3.63, 3.8) is 0 Å². The van der Waals surface area contributed by atoms with Gasteiger partial charge in [-0.25, -0.2) is 4.98 Å². The van der Waals surface area contributed by atoms with E-state index in [1.54, 1.807) is 0 Å². The van der Waals surface area contributed by atoms with Crippen molar-refractivity contribution in [1.82, 2.24) is 19.5 Å². The van der Waals surface area contributed by atoms with Crippen LogP contribution in [-0.4, -0.2) is 19.5 Å². The summed E-state index contributed by atoms with van der Waals surface area (Å²) < 4.78 is 2.19. The van der Waals surface area contributed by atoms with Gasteiger partial charge in [-0.3, -0.25) is 4.57 Å². The van der Waals surface area contributed by atoms with Crippen molar-refractivity contribution in [1.29, 1.82) is 0 Å². The van der Waals surface area contributed by atoms with Gasteiger partial charge in [0.2, 0.25) is 5.95 Å². The topological polar surface area (TPSA) is 46.8 Å². The smallest absolute Gasteiger partial charge is 0.238 e. The van der Waals surface area contributed by atoms with Gasteiger partial charge in [-0.2, -0.15) is 9.97 Å². The van der Waals surface area contributed by atoms with E-state index in [0.717, 1.165) is 72.2 Å². The van der Waals surface area contributed by atoms with Crippen molar-refractivity contribution in [3.8, 4) is 51.0 Å². The van der Waals surface area contributed by atoms with Crippen LogP contribution in [0.1, 0.15) is 0 Å². The number of aromatic nitrogens is 4. The minimum Gasteiger partial charge on any atom is -0.310 e. The molecule has 0 aliphatic heterocycles. The van der Waals surface area contributed by atoms with Crippen LogP contribution in [0.4, 0.5) is 17.1 Å². The molecular weight excluding hydrogens is 731 g/mol. The molecule has 0 saturated heterocycles. The van der Waals surface area contributed by atoms with Crippen LogP contribution < -0.4 is 4.90 Å². The summed E-state index contributed by atoms with van der Waals surface area (Å²) in [5.74, 6) is 1.80. The highest BCUT2D eigenvalue weighted by atomic mass is 15.2. The first-order valence-electron chi connectivity index (χ1n) is 20.2. The average Bonchev–Trinajstić information content (AvgIpc) is 3.66. The Balaban J connectivity index is 1.04. The van der Waals surface area contributed by atoms with Crippen molar-refractivity contribution in [2.75, 3.05) is 4.90 Å². The normalized spacial score (nSPS) is 11.3. The summed E-state index contributed by atoms with van der Waals surface area (Å²) >= 11 is 0. The number of anilines is 3. The number of rotatable bonds is 8. The van der Waals surface area contributed by atoms with Crippen LogP contribution in [0.3, 0.4) is 0 Å². The predicted molar refractivity (Wildman–Crippen MR) is 248 cm³/mol. The second kappa shape index (κ2) is 15.0. The molecule has 2 aromatic heterocycles. The Morgan fingerprint density at radius 3 is 1.62 bits per heavy atom. The first-order valence-corrected chi connectivity index (χ1v) is 20.2. The summed E-state index contributed by atoms with van der Waals surface area (Å²) in [7, 11) is 0. The number of fused-ring (bicyclic) bond motifs is 4. The van der Waals surface area contributed by atoms with Crippen LogP contribution in [0, 0.1) is 0 Å². The van der Waals surface area contributed by atoms with Gasteiger partial charge in [0, 0.05) is 39.0 Å². The fourth-order valence-corrected chi connectivity index (χ4v) is 8.29. The van der Waals surface area contributed by atoms with E-state index >= 15 is 0 Å². The van der Waals surface area contributed by atoms with Gasteiger partial charge in [-0.1, -0.05) is 170 Å². The molecule has 0 amide bonds.